The van der Waals surface area contributed by atoms with Gasteiger partial charge in [0.05, 0.1) is 12.2 Å². The number of hydrogen-bond acceptors (Lipinski definition) is 3. The van der Waals surface area contributed by atoms with Crippen molar-refractivity contribution in [2.75, 3.05) is 19.6 Å². The van der Waals surface area contributed by atoms with Crippen LogP contribution in [-0.4, -0.2) is 41.6 Å². The van der Waals surface area contributed by atoms with Gasteiger partial charge in [-0.25, -0.2) is 4.79 Å². The van der Waals surface area contributed by atoms with Crippen LogP contribution in [0.3, 0.4) is 0 Å². The van der Waals surface area contributed by atoms with E-state index in [1.165, 1.54) is 0 Å². The Hall–Kier alpha value is -1.98. The molecule has 1 fully saturated rings. The third-order valence-corrected chi connectivity index (χ3v) is 3.05. The summed E-state index contributed by atoms with van der Waals surface area (Å²) < 4.78 is 5.15. The summed E-state index contributed by atoms with van der Waals surface area (Å²) in [4.78, 5) is 24.0. The number of aliphatic carboxylic acids is 1. The first-order valence-electron chi connectivity index (χ1n) is 5.95. The minimum atomic E-state index is -0.833. The number of likely N-dealkylation sites (tertiary alicyclic amines) is 1. The zero-order chi connectivity index (χ0) is 13.0. The van der Waals surface area contributed by atoms with Gasteiger partial charge in [-0.3, -0.25) is 4.79 Å². The SMILES string of the molecule is O=C(O)C1CCN(C(=O)NCCc2ccco2)C1. The molecule has 1 saturated heterocycles. The number of urea groups is 1. The molecule has 1 aromatic heterocycles. The summed E-state index contributed by atoms with van der Waals surface area (Å²) in [5.41, 5.74) is 0. The standard InChI is InChI=1S/C12H16N2O4/c15-11(16)9-4-6-14(8-9)12(17)13-5-3-10-2-1-7-18-10/h1-2,7,9H,3-6,8H2,(H,13,17)(H,15,16). The van der Waals surface area contributed by atoms with Crippen LogP contribution >= 0.6 is 0 Å². The number of nitrogens with one attached hydrogen (secondary N) is 1. The average Bonchev–Trinajstić information content (AvgIpc) is 2.99. The zero-order valence-corrected chi connectivity index (χ0v) is 9.96. The van der Waals surface area contributed by atoms with Gasteiger partial charge in [0.1, 0.15) is 5.76 Å². The maximum Gasteiger partial charge on any atom is 0.317 e. The van der Waals surface area contributed by atoms with Crippen molar-refractivity contribution in [3.05, 3.63) is 24.2 Å². The Bertz CT molecular complexity index is 416. The van der Waals surface area contributed by atoms with E-state index < -0.39 is 11.9 Å². The third kappa shape index (κ3) is 3.03. The number of nitrogens with zero attached hydrogens (tertiary/aromatic N) is 1. The fourth-order valence-corrected chi connectivity index (χ4v) is 2.01. The second-order valence-corrected chi connectivity index (χ2v) is 4.33. The minimum Gasteiger partial charge on any atom is -0.481 e. The highest BCUT2D eigenvalue weighted by Crippen LogP contribution is 2.16. The van der Waals surface area contributed by atoms with Gasteiger partial charge in [0.15, 0.2) is 0 Å². The fraction of sp³-hybridized carbons (Fsp3) is 0.500. The lowest BCUT2D eigenvalue weighted by atomic mass is 10.1. The van der Waals surface area contributed by atoms with Gasteiger partial charge >= 0.3 is 12.0 Å². The molecule has 0 saturated carbocycles. The highest BCUT2D eigenvalue weighted by Gasteiger charge is 2.30. The fourth-order valence-electron chi connectivity index (χ4n) is 2.01. The minimum absolute atomic E-state index is 0.203. The molecular formula is C12H16N2O4. The van der Waals surface area contributed by atoms with Crippen LogP contribution < -0.4 is 5.32 Å². The van der Waals surface area contributed by atoms with Gasteiger partial charge in [-0.15, -0.1) is 0 Å². The van der Waals surface area contributed by atoms with Gasteiger partial charge in [0.2, 0.25) is 0 Å². The number of carboxylic acid groups (broad SMARTS) is 1. The second kappa shape index (κ2) is 5.57. The van der Waals surface area contributed by atoms with Crippen molar-refractivity contribution in [3.63, 3.8) is 0 Å². The number of carboxylic acids is 1. The normalized spacial score (nSPS) is 18.9. The number of hydrogen-bond donors (Lipinski definition) is 2. The molecule has 2 N–H and O–H groups in total. The van der Waals surface area contributed by atoms with Crippen molar-refractivity contribution >= 4 is 12.0 Å². The summed E-state index contributed by atoms with van der Waals surface area (Å²) in [5.74, 6) is -0.443. The lowest BCUT2D eigenvalue weighted by molar-refractivity contribution is -0.141. The number of carbonyl (C=O) groups is 2. The molecule has 1 aliphatic rings. The number of carbonyl (C=O) groups excluding carboxylic acids is 1. The van der Waals surface area contributed by atoms with E-state index in [4.69, 9.17) is 9.52 Å². The molecule has 2 amide bonds. The first kappa shape index (κ1) is 12.5. The van der Waals surface area contributed by atoms with Crippen molar-refractivity contribution in [1.82, 2.24) is 10.2 Å². The van der Waals surface area contributed by atoms with Crippen molar-refractivity contribution < 1.29 is 19.1 Å². The van der Waals surface area contributed by atoms with E-state index in [-0.39, 0.29) is 6.03 Å². The van der Waals surface area contributed by atoms with Gasteiger partial charge in [-0.05, 0) is 18.6 Å². The van der Waals surface area contributed by atoms with E-state index in [1.54, 1.807) is 17.2 Å². The summed E-state index contributed by atoms with van der Waals surface area (Å²) in [5, 5.41) is 11.6. The molecule has 1 atom stereocenters. The van der Waals surface area contributed by atoms with E-state index in [0.717, 1.165) is 5.76 Å². The van der Waals surface area contributed by atoms with Crippen molar-refractivity contribution in [2.24, 2.45) is 5.92 Å². The summed E-state index contributed by atoms with van der Waals surface area (Å²) in [7, 11) is 0. The molecule has 2 heterocycles. The molecule has 18 heavy (non-hydrogen) atoms. The molecule has 6 heteroatoms. The lowest BCUT2D eigenvalue weighted by Gasteiger charge is -2.16. The quantitative estimate of drug-likeness (QED) is 0.835. The predicted molar refractivity (Wildman–Crippen MR) is 63.1 cm³/mol. The van der Waals surface area contributed by atoms with Crippen LogP contribution in [0.25, 0.3) is 0 Å². The first-order valence-corrected chi connectivity index (χ1v) is 5.95. The Labute approximate surface area is 105 Å². The molecule has 0 aromatic carbocycles. The van der Waals surface area contributed by atoms with E-state index in [2.05, 4.69) is 5.32 Å². The Morgan fingerprint density at radius 2 is 2.39 bits per heavy atom. The van der Waals surface area contributed by atoms with Crippen LogP contribution in [0.15, 0.2) is 22.8 Å². The smallest absolute Gasteiger partial charge is 0.317 e. The highest BCUT2D eigenvalue weighted by molar-refractivity contribution is 5.77. The van der Waals surface area contributed by atoms with Crippen LogP contribution in [0.4, 0.5) is 4.79 Å². The molecule has 0 aliphatic carbocycles. The van der Waals surface area contributed by atoms with Crippen LogP contribution in [0.2, 0.25) is 0 Å². The van der Waals surface area contributed by atoms with Crippen molar-refractivity contribution in [1.29, 1.82) is 0 Å². The summed E-state index contributed by atoms with van der Waals surface area (Å²) >= 11 is 0. The summed E-state index contributed by atoms with van der Waals surface area (Å²) in [6.45, 7) is 1.28. The summed E-state index contributed by atoms with van der Waals surface area (Å²) in [6.07, 6.45) is 2.75. The van der Waals surface area contributed by atoms with Gasteiger partial charge in [0, 0.05) is 26.1 Å². The van der Waals surface area contributed by atoms with Gasteiger partial charge in [-0.1, -0.05) is 0 Å². The van der Waals surface area contributed by atoms with Crippen LogP contribution in [0.5, 0.6) is 0 Å². The molecule has 0 spiro atoms. The molecule has 2 rings (SSSR count). The molecule has 6 nitrogen and oxygen atoms in total. The predicted octanol–water partition coefficient (Wildman–Crippen LogP) is 0.938. The van der Waals surface area contributed by atoms with Gasteiger partial charge < -0.3 is 19.7 Å². The van der Waals surface area contributed by atoms with Crippen LogP contribution in [0.1, 0.15) is 12.2 Å². The number of rotatable bonds is 4. The van der Waals surface area contributed by atoms with Gasteiger partial charge in [0.25, 0.3) is 0 Å². The largest absolute Gasteiger partial charge is 0.481 e. The molecule has 1 unspecified atom stereocenters. The van der Waals surface area contributed by atoms with E-state index in [0.29, 0.717) is 32.5 Å². The van der Waals surface area contributed by atoms with Crippen LogP contribution in [-0.2, 0) is 11.2 Å². The lowest BCUT2D eigenvalue weighted by Crippen LogP contribution is -2.39. The molecular weight excluding hydrogens is 236 g/mol. The third-order valence-electron chi connectivity index (χ3n) is 3.05. The maximum absolute atomic E-state index is 11.7. The maximum atomic E-state index is 11.7. The topological polar surface area (TPSA) is 82.8 Å². The van der Waals surface area contributed by atoms with E-state index >= 15 is 0 Å². The Morgan fingerprint density at radius 3 is 3.00 bits per heavy atom. The summed E-state index contributed by atoms with van der Waals surface area (Å²) in [6, 6.07) is 3.45. The molecule has 0 radical (unpaired) electrons. The van der Waals surface area contributed by atoms with Crippen molar-refractivity contribution in [3.8, 4) is 0 Å². The van der Waals surface area contributed by atoms with Gasteiger partial charge in [-0.2, -0.15) is 0 Å². The average molecular weight is 252 g/mol. The Balaban J connectivity index is 1.71. The first-order chi connectivity index (χ1) is 8.66. The Kier molecular flexibility index (Phi) is 3.86. The monoisotopic (exact) mass is 252 g/mol. The molecule has 1 aliphatic heterocycles. The van der Waals surface area contributed by atoms with E-state index in [1.807, 2.05) is 6.07 Å². The second-order valence-electron chi connectivity index (χ2n) is 4.33. The molecule has 1 aromatic rings. The number of amides is 2. The molecule has 98 valence electrons. The molecule has 0 bridgehead atoms. The number of furan rings is 1. The van der Waals surface area contributed by atoms with E-state index in [9.17, 15) is 9.59 Å². The van der Waals surface area contributed by atoms with Crippen molar-refractivity contribution in [2.45, 2.75) is 12.8 Å². The highest BCUT2D eigenvalue weighted by atomic mass is 16.4. The Morgan fingerprint density at radius 1 is 1.56 bits per heavy atom. The zero-order valence-electron chi connectivity index (χ0n) is 9.96. The van der Waals surface area contributed by atoms with Crippen LogP contribution in [0, 0.1) is 5.92 Å².